The van der Waals surface area contributed by atoms with Gasteiger partial charge in [-0.2, -0.15) is 0 Å². The molecule has 6 nitrogen and oxygen atoms in total. The summed E-state index contributed by atoms with van der Waals surface area (Å²) in [5.41, 5.74) is 5.16. The lowest BCUT2D eigenvalue weighted by Crippen LogP contribution is -2.37. The molecule has 5 N–H and O–H groups in total. The van der Waals surface area contributed by atoms with Crippen molar-refractivity contribution in [2.24, 2.45) is 5.73 Å². The molecule has 4 atom stereocenters. The fourth-order valence-corrected chi connectivity index (χ4v) is 1.15. The highest BCUT2D eigenvalue weighted by Crippen LogP contribution is 2.20. The van der Waals surface area contributed by atoms with Crippen molar-refractivity contribution in [2.45, 2.75) is 24.4 Å². The smallest absolute Gasteiger partial charge is 0.335 e. The Kier molecular flexibility index (Phi) is 2.63. The Bertz CT molecular complexity index is 185. The third-order valence-electron chi connectivity index (χ3n) is 1.84. The molecule has 70 valence electrons. The van der Waals surface area contributed by atoms with E-state index in [-0.39, 0.29) is 6.54 Å². The summed E-state index contributed by atoms with van der Waals surface area (Å²) in [4.78, 5) is 10.4. The van der Waals surface area contributed by atoms with Gasteiger partial charge in [-0.25, -0.2) is 4.79 Å². The van der Waals surface area contributed by atoms with Crippen molar-refractivity contribution in [3.05, 3.63) is 0 Å². The minimum atomic E-state index is -1.39. The number of aliphatic hydroxyl groups is 2. The Hall–Kier alpha value is -0.690. The predicted octanol–water partition coefficient (Wildman–Crippen LogP) is -2.48. The molecule has 0 aromatic carbocycles. The van der Waals surface area contributed by atoms with Crippen LogP contribution in [0.15, 0.2) is 0 Å². The van der Waals surface area contributed by atoms with Crippen molar-refractivity contribution in [3.8, 4) is 0 Å². The van der Waals surface area contributed by atoms with Crippen LogP contribution < -0.4 is 5.73 Å². The average Bonchev–Trinajstić information content (AvgIpc) is 2.30. The molecule has 1 heterocycles. The minimum absolute atomic E-state index is 0.0119. The number of rotatable bonds is 2. The second-order valence-electron chi connectivity index (χ2n) is 2.65. The fraction of sp³-hybridized carbons (Fsp3) is 0.833. The van der Waals surface area contributed by atoms with Crippen LogP contribution in [0.25, 0.3) is 0 Å². The predicted molar refractivity (Wildman–Crippen MR) is 37.4 cm³/mol. The zero-order chi connectivity index (χ0) is 9.30. The zero-order valence-corrected chi connectivity index (χ0v) is 6.25. The first kappa shape index (κ1) is 9.40. The summed E-state index contributed by atoms with van der Waals surface area (Å²) in [5, 5.41) is 26.8. The van der Waals surface area contributed by atoms with Gasteiger partial charge in [-0.3, -0.25) is 0 Å². The number of hydrogen-bond donors (Lipinski definition) is 4. The summed E-state index contributed by atoms with van der Waals surface area (Å²) in [7, 11) is 0. The molecule has 12 heavy (non-hydrogen) atoms. The largest absolute Gasteiger partial charge is 0.479 e. The molecule has 0 aliphatic carbocycles. The highest BCUT2D eigenvalue weighted by molar-refractivity contribution is 5.73. The van der Waals surface area contributed by atoms with Crippen molar-refractivity contribution in [2.75, 3.05) is 6.54 Å². The number of carboxylic acid groups (broad SMARTS) is 1. The van der Waals surface area contributed by atoms with Gasteiger partial charge >= 0.3 is 5.97 Å². The maximum absolute atomic E-state index is 10.4. The van der Waals surface area contributed by atoms with E-state index in [1.54, 1.807) is 0 Å². The maximum atomic E-state index is 10.4. The van der Waals surface area contributed by atoms with Crippen LogP contribution in [0.4, 0.5) is 0 Å². The van der Waals surface area contributed by atoms with Crippen molar-refractivity contribution < 1.29 is 24.9 Å². The number of aliphatic carboxylic acids is 1. The molecule has 0 amide bonds. The highest BCUT2D eigenvalue weighted by Gasteiger charge is 2.45. The molecule has 1 saturated heterocycles. The van der Waals surface area contributed by atoms with Gasteiger partial charge in [-0.15, -0.1) is 0 Å². The molecule has 1 fully saturated rings. The number of ether oxygens (including phenoxy) is 1. The van der Waals surface area contributed by atoms with E-state index in [0.29, 0.717) is 0 Å². The van der Waals surface area contributed by atoms with E-state index in [0.717, 1.165) is 0 Å². The topological polar surface area (TPSA) is 113 Å². The Morgan fingerprint density at radius 2 is 2.00 bits per heavy atom. The van der Waals surface area contributed by atoms with E-state index >= 15 is 0 Å². The van der Waals surface area contributed by atoms with E-state index < -0.39 is 30.4 Å². The fourth-order valence-electron chi connectivity index (χ4n) is 1.15. The van der Waals surface area contributed by atoms with Crippen LogP contribution in [0.2, 0.25) is 0 Å². The molecule has 1 rings (SSSR count). The maximum Gasteiger partial charge on any atom is 0.335 e. The molecule has 1 aliphatic rings. The van der Waals surface area contributed by atoms with Crippen LogP contribution in [-0.2, 0) is 9.53 Å². The number of carboxylic acids is 1. The Morgan fingerprint density at radius 3 is 2.25 bits per heavy atom. The first-order valence-corrected chi connectivity index (χ1v) is 3.52. The van der Waals surface area contributed by atoms with Gasteiger partial charge in [0.1, 0.15) is 12.2 Å². The van der Waals surface area contributed by atoms with E-state index in [2.05, 4.69) is 0 Å². The molecular formula is C6H11NO5. The molecule has 0 aromatic heterocycles. The summed E-state index contributed by atoms with van der Waals surface area (Å²) in [5.74, 6) is -1.29. The van der Waals surface area contributed by atoms with E-state index in [1.807, 2.05) is 0 Å². The summed E-state index contributed by atoms with van der Waals surface area (Å²) in [6, 6.07) is 0. The van der Waals surface area contributed by atoms with Gasteiger partial charge in [0.15, 0.2) is 6.10 Å². The number of carbonyl (C=O) groups is 1. The highest BCUT2D eigenvalue weighted by atomic mass is 16.6. The molecule has 1 aliphatic heterocycles. The summed E-state index contributed by atoms with van der Waals surface area (Å²) in [6.07, 6.45) is -4.76. The Morgan fingerprint density at radius 1 is 1.42 bits per heavy atom. The Labute approximate surface area is 68.6 Å². The molecule has 0 saturated carbocycles. The second kappa shape index (κ2) is 3.36. The van der Waals surface area contributed by atoms with Gasteiger partial charge in [-0.05, 0) is 0 Å². The lowest BCUT2D eigenvalue weighted by atomic mass is 10.1. The quantitative estimate of drug-likeness (QED) is 0.371. The van der Waals surface area contributed by atoms with Gasteiger partial charge < -0.3 is 25.8 Å². The Balaban J connectivity index is 2.66. The van der Waals surface area contributed by atoms with Crippen LogP contribution in [0.3, 0.4) is 0 Å². The molecule has 0 unspecified atom stereocenters. The second-order valence-corrected chi connectivity index (χ2v) is 2.65. The van der Waals surface area contributed by atoms with Crippen LogP contribution in [0.5, 0.6) is 0 Å². The molecule has 6 heteroatoms. The molecule has 0 radical (unpaired) electrons. The van der Waals surface area contributed by atoms with Gasteiger partial charge in [0.25, 0.3) is 0 Å². The lowest BCUT2D eigenvalue weighted by molar-refractivity contribution is -0.153. The SMILES string of the molecule is NC[C@@H]1O[C@@H](C(=O)O)[C@@H](O)[C@@H]1O. The third-order valence-corrected chi connectivity index (χ3v) is 1.84. The lowest BCUT2D eigenvalue weighted by Gasteiger charge is -2.10. The standard InChI is InChI=1S/C6H11NO5/c7-1-2-3(8)4(9)5(12-2)6(10)11/h2-5,8-9H,1,7H2,(H,10,11)/t2-,3+,4-,5+/m0/s1. The summed E-state index contributed by atoms with van der Waals surface area (Å²) in [6.45, 7) is -0.0119. The molecular weight excluding hydrogens is 166 g/mol. The van der Waals surface area contributed by atoms with Gasteiger partial charge in [0.05, 0.1) is 6.10 Å². The van der Waals surface area contributed by atoms with Crippen LogP contribution in [-0.4, -0.2) is 52.2 Å². The molecule has 0 aromatic rings. The van der Waals surface area contributed by atoms with Gasteiger partial charge in [0.2, 0.25) is 0 Å². The summed E-state index contributed by atoms with van der Waals surface area (Å²) >= 11 is 0. The minimum Gasteiger partial charge on any atom is -0.479 e. The van der Waals surface area contributed by atoms with E-state index in [4.69, 9.17) is 25.8 Å². The van der Waals surface area contributed by atoms with E-state index in [9.17, 15) is 4.79 Å². The van der Waals surface area contributed by atoms with Crippen LogP contribution >= 0.6 is 0 Å². The number of hydrogen-bond acceptors (Lipinski definition) is 5. The third kappa shape index (κ3) is 1.42. The van der Waals surface area contributed by atoms with Crippen molar-refractivity contribution in [1.29, 1.82) is 0 Å². The number of nitrogens with two attached hydrogens (primary N) is 1. The molecule has 0 spiro atoms. The first-order chi connectivity index (χ1) is 5.57. The normalized spacial score (nSPS) is 41.6. The van der Waals surface area contributed by atoms with Crippen molar-refractivity contribution in [1.82, 2.24) is 0 Å². The number of aliphatic hydroxyl groups excluding tert-OH is 2. The van der Waals surface area contributed by atoms with Gasteiger partial charge in [-0.1, -0.05) is 0 Å². The zero-order valence-electron chi connectivity index (χ0n) is 6.25. The summed E-state index contributed by atoms with van der Waals surface area (Å²) < 4.78 is 4.77. The van der Waals surface area contributed by atoms with Crippen molar-refractivity contribution in [3.63, 3.8) is 0 Å². The van der Waals surface area contributed by atoms with E-state index in [1.165, 1.54) is 0 Å². The monoisotopic (exact) mass is 177 g/mol. The first-order valence-electron chi connectivity index (χ1n) is 3.52. The van der Waals surface area contributed by atoms with Crippen LogP contribution in [0.1, 0.15) is 0 Å². The van der Waals surface area contributed by atoms with Gasteiger partial charge in [0, 0.05) is 6.54 Å². The molecule has 0 bridgehead atoms. The average molecular weight is 177 g/mol. The van der Waals surface area contributed by atoms with Crippen LogP contribution in [0, 0.1) is 0 Å². The van der Waals surface area contributed by atoms with Crippen molar-refractivity contribution >= 4 is 5.97 Å².